The fraction of sp³-hybridized carbons (Fsp3) is 0.0870. The number of hydrogen-bond acceptors (Lipinski definition) is 5. The van der Waals surface area contributed by atoms with Crippen LogP contribution in [0.2, 0.25) is 0 Å². The van der Waals surface area contributed by atoms with E-state index in [0.29, 0.717) is 23.7 Å². The fourth-order valence-corrected chi connectivity index (χ4v) is 2.79. The summed E-state index contributed by atoms with van der Waals surface area (Å²) < 4.78 is 10.8. The van der Waals surface area contributed by atoms with Crippen molar-refractivity contribution < 1.29 is 13.9 Å². The van der Waals surface area contributed by atoms with E-state index < -0.39 is 0 Å². The van der Waals surface area contributed by atoms with E-state index in [0.717, 1.165) is 22.4 Å². The van der Waals surface area contributed by atoms with Crippen LogP contribution in [0, 0.1) is 0 Å². The zero-order chi connectivity index (χ0) is 20.1. The van der Waals surface area contributed by atoms with Gasteiger partial charge in [0, 0.05) is 24.4 Å². The molecule has 0 radical (unpaired) electrons. The van der Waals surface area contributed by atoms with Gasteiger partial charge in [0.1, 0.15) is 5.75 Å². The molecule has 0 unspecified atom stereocenters. The van der Waals surface area contributed by atoms with Crippen molar-refractivity contribution in [2.45, 2.75) is 6.54 Å². The molecule has 2 aromatic carbocycles. The molecule has 0 saturated heterocycles. The molecule has 1 N–H and O–H groups in total. The van der Waals surface area contributed by atoms with E-state index in [4.69, 9.17) is 9.15 Å². The van der Waals surface area contributed by atoms with E-state index in [2.05, 4.69) is 15.3 Å². The van der Waals surface area contributed by atoms with Gasteiger partial charge in [0.25, 0.3) is 0 Å². The largest absolute Gasteiger partial charge is 0.497 e. The van der Waals surface area contributed by atoms with Crippen LogP contribution in [-0.2, 0) is 11.3 Å². The molecule has 4 aromatic rings. The number of carbonyl (C=O) groups excluding carboxylic acids is 1. The number of nitrogens with one attached hydrogen (secondary N) is 1. The fourth-order valence-electron chi connectivity index (χ4n) is 2.79. The lowest BCUT2D eigenvalue weighted by molar-refractivity contribution is -0.116. The van der Waals surface area contributed by atoms with Crippen LogP contribution in [0.25, 0.3) is 28.8 Å². The molecule has 144 valence electrons. The van der Waals surface area contributed by atoms with Gasteiger partial charge in [-0.2, -0.15) is 4.98 Å². The van der Waals surface area contributed by atoms with E-state index in [9.17, 15) is 4.79 Å². The first-order valence-electron chi connectivity index (χ1n) is 9.12. The number of oxazole rings is 1. The minimum Gasteiger partial charge on any atom is -0.497 e. The van der Waals surface area contributed by atoms with E-state index in [-0.39, 0.29) is 5.91 Å². The molecular formula is C23H19N3O3. The molecule has 0 saturated carbocycles. The Morgan fingerprint density at radius 2 is 1.90 bits per heavy atom. The Bertz CT molecular complexity index is 1110. The predicted molar refractivity (Wildman–Crippen MR) is 111 cm³/mol. The summed E-state index contributed by atoms with van der Waals surface area (Å²) in [7, 11) is 1.62. The van der Waals surface area contributed by atoms with E-state index in [1.807, 2.05) is 60.7 Å². The van der Waals surface area contributed by atoms with Crippen molar-refractivity contribution in [2.75, 3.05) is 7.11 Å². The highest BCUT2D eigenvalue weighted by Gasteiger charge is 2.08. The first kappa shape index (κ1) is 18.4. The Hall–Kier alpha value is -3.93. The smallest absolute Gasteiger partial charge is 0.244 e. The van der Waals surface area contributed by atoms with Crippen molar-refractivity contribution in [1.29, 1.82) is 0 Å². The first-order chi connectivity index (χ1) is 14.2. The van der Waals surface area contributed by atoms with Gasteiger partial charge in [0.2, 0.25) is 11.8 Å². The van der Waals surface area contributed by atoms with Crippen LogP contribution < -0.4 is 10.1 Å². The van der Waals surface area contributed by atoms with Crippen molar-refractivity contribution in [3.63, 3.8) is 0 Å². The molecule has 0 aliphatic carbocycles. The zero-order valence-corrected chi connectivity index (χ0v) is 15.8. The average Bonchev–Trinajstić information content (AvgIpc) is 3.21. The summed E-state index contributed by atoms with van der Waals surface area (Å²) in [5.41, 5.74) is 4.01. The number of hydrogen-bond donors (Lipinski definition) is 1. The third-order valence-corrected chi connectivity index (χ3v) is 4.38. The Kier molecular flexibility index (Phi) is 5.33. The van der Waals surface area contributed by atoms with Crippen molar-refractivity contribution in [3.8, 4) is 17.2 Å². The van der Waals surface area contributed by atoms with Gasteiger partial charge in [-0.25, -0.2) is 4.98 Å². The summed E-state index contributed by atoms with van der Waals surface area (Å²) in [6, 6.07) is 18.8. The number of rotatable bonds is 6. The predicted octanol–water partition coefficient (Wildman–Crippen LogP) is 4.23. The summed E-state index contributed by atoms with van der Waals surface area (Å²) in [5.74, 6) is 1.15. The third kappa shape index (κ3) is 4.50. The summed E-state index contributed by atoms with van der Waals surface area (Å²) in [6.45, 7) is 0.432. The van der Waals surface area contributed by atoms with Gasteiger partial charge in [-0.3, -0.25) is 4.79 Å². The van der Waals surface area contributed by atoms with Crippen molar-refractivity contribution >= 4 is 23.2 Å². The molecule has 0 bridgehead atoms. The maximum Gasteiger partial charge on any atom is 0.244 e. The summed E-state index contributed by atoms with van der Waals surface area (Å²) in [4.78, 5) is 20.6. The third-order valence-electron chi connectivity index (χ3n) is 4.38. The monoisotopic (exact) mass is 385 g/mol. The molecular weight excluding hydrogens is 366 g/mol. The van der Waals surface area contributed by atoms with Crippen LogP contribution in [0.5, 0.6) is 5.75 Å². The molecule has 2 heterocycles. The van der Waals surface area contributed by atoms with Crippen molar-refractivity contribution in [1.82, 2.24) is 15.3 Å². The Balaban J connectivity index is 1.34. The maximum absolute atomic E-state index is 12.0. The number of pyridine rings is 1. The maximum atomic E-state index is 12.0. The number of nitrogens with zero attached hydrogens (tertiary/aromatic N) is 2. The quantitative estimate of drug-likeness (QED) is 0.503. The lowest BCUT2D eigenvalue weighted by atomic mass is 10.1. The lowest BCUT2D eigenvalue weighted by Crippen LogP contribution is -2.20. The molecule has 0 atom stereocenters. The average molecular weight is 385 g/mol. The standard InChI is InChI=1S/C23H19N3O3/c1-28-19-11-6-16(7-12-19)8-13-21(27)25-15-17-4-9-18(10-5-17)23-26-22-20(29-23)3-2-14-24-22/h2-14H,15H2,1H3,(H,25,27)/b13-8+. The van der Waals surface area contributed by atoms with Crippen LogP contribution in [0.4, 0.5) is 0 Å². The van der Waals surface area contributed by atoms with Crippen LogP contribution in [0.15, 0.2) is 77.4 Å². The van der Waals surface area contributed by atoms with Crippen molar-refractivity contribution in [2.24, 2.45) is 0 Å². The SMILES string of the molecule is COc1ccc(/C=C/C(=O)NCc2ccc(-c3nc4ncccc4o3)cc2)cc1. The molecule has 0 spiro atoms. The minimum absolute atomic E-state index is 0.157. The molecule has 0 fully saturated rings. The molecule has 6 nitrogen and oxygen atoms in total. The number of fused-ring (bicyclic) bond motifs is 1. The van der Waals surface area contributed by atoms with E-state index in [1.54, 1.807) is 19.4 Å². The van der Waals surface area contributed by atoms with Gasteiger partial charge in [0.15, 0.2) is 11.2 Å². The van der Waals surface area contributed by atoms with Gasteiger partial charge < -0.3 is 14.5 Å². The summed E-state index contributed by atoms with van der Waals surface area (Å²) in [6.07, 6.45) is 4.96. The molecule has 0 aliphatic heterocycles. The van der Waals surface area contributed by atoms with Crippen molar-refractivity contribution in [3.05, 3.63) is 84.1 Å². The van der Waals surface area contributed by atoms with E-state index >= 15 is 0 Å². The number of carbonyl (C=O) groups is 1. The Labute approximate surface area is 167 Å². The highest BCUT2D eigenvalue weighted by molar-refractivity contribution is 5.91. The zero-order valence-electron chi connectivity index (χ0n) is 15.8. The number of methoxy groups -OCH3 is 1. The van der Waals surface area contributed by atoms with Crippen LogP contribution in [0.3, 0.4) is 0 Å². The molecule has 29 heavy (non-hydrogen) atoms. The van der Waals surface area contributed by atoms with E-state index in [1.165, 1.54) is 6.08 Å². The highest BCUT2D eigenvalue weighted by atomic mass is 16.5. The number of ether oxygens (including phenoxy) is 1. The summed E-state index contributed by atoms with van der Waals surface area (Å²) in [5, 5.41) is 2.87. The van der Waals surface area contributed by atoms with Gasteiger partial charge in [-0.05, 0) is 53.6 Å². The van der Waals surface area contributed by atoms with Crippen LogP contribution >= 0.6 is 0 Å². The second kappa shape index (κ2) is 8.39. The molecule has 0 aliphatic rings. The lowest BCUT2D eigenvalue weighted by Gasteiger charge is -2.04. The Morgan fingerprint density at radius 1 is 1.10 bits per heavy atom. The first-order valence-corrected chi connectivity index (χ1v) is 9.12. The van der Waals surface area contributed by atoms with Gasteiger partial charge >= 0.3 is 0 Å². The molecule has 2 aromatic heterocycles. The van der Waals surface area contributed by atoms with Crippen LogP contribution in [0.1, 0.15) is 11.1 Å². The topological polar surface area (TPSA) is 77.2 Å². The number of amides is 1. The number of benzene rings is 2. The highest BCUT2D eigenvalue weighted by Crippen LogP contribution is 2.23. The second-order valence-electron chi connectivity index (χ2n) is 6.37. The number of aromatic nitrogens is 2. The molecule has 4 rings (SSSR count). The van der Waals surface area contributed by atoms with Gasteiger partial charge in [0.05, 0.1) is 7.11 Å². The minimum atomic E-state index is -0.157. The van der Waals surface area contributed by atoms with Gasteiger partial charge in [-0.1, -0.05) is 24.3 Å². The molecule has 1 amide bonds. The van der Waals surface area contributed by atoms with Crippen LogP contribution in [-0.4, -0.2) is 23.0 Å². The normalized spacial score (nSPS) is 11.1. The second-order valence-corrected chi connectivity index (χ2v) is 6.37. The van der Waals surface area contributed by atoms with Gasteiger partial charge in [-0.15, -0.1) is 0 Å². The summed E-state index contributed by atoms with van der Waals surface area (Å²) >= 11 is 0. The Morgan fingerprint density at radius 3 is 2.62 bits per heavy atom. The molecule has 6 heteroatoms.